The summed E-state index contributed by atoms with van der Waals surface area (Å²) in [6, 6.07) is 0.375. The van der Waals surface area contributed by atoms with Crippen LogP contribution in [0.1, 0.15) is 142 Å². The van der Waals surface area contributed by atoms with Gasteiger partial charge in [0.25, 0.3) is 0 Å². The number of nitrogens with one attached hydrogen (secondary N) is 1. The van der Waals surface area contributed by atoms with Crippen LogP contribution in [0.2, 0.25) is 0 Å². The van der Waals surface area contributed by atoms with E-state index in [1.165, 1.54) is 128 Å². The molecule has 1 rings (SSSR count). The van der Waals surface area contributed by atoms with Crippen LogP contribution in [0.25, 0.3) is 0 Å². The van der Waals surface area contributed by atoms with E-state index in [0.717, 1.165) is 13.0 Å². The van der Waals surface area contributed by atoms with Crippen LogP contribution in [0.3, 0.4) is 0 Å². The first kappa shape index (κ1) is 25.0. The summed E-state index contributed by atoms with van der Waals surface area (Å²) in [7, 11) is 0. The van der Waals surface area contributed by atoms with Crippen molar-refractivity contribution in [3.63, 3.8) is 0 Å². The molecule has 0 aromatic heterocycles. The Morgan fingerprint density at radius 3 is 1.52 bits per heavy atom. The Labute approximate surface area is 171 Å². The van der Waals surface area contributed by atoms with Gasteiger partial charge in [-0.2, -0.15) is 0 Å². The fourth-order valence-corrected chi connectivity index (χ4v) is 4.49. The smallest absolute Gasteiger partial charge is 0.0693 e. The highest BCUT2D eigenvalue weighted by Gasteiger charge is 2.20. The van der Waals surface area contributed by atoms with Crippen molar-refractivity contribution in [2.75, 3.05) is 6.54 Å². The van der Waals surface area contributed by atoms with E-state index in [-0.39, 0.29) is 6.10 Å². The molecular formula is C25H51NO. The average Bonchev–Trinajstić information content (AvgIpc) is 2.70. The van der Waals surface area contributed by atoms with Crippen molar-refractivity contribution in [3.05, 3.63) is 0 Å². The lowest BCUT2D eigenvalue weighted by atomic mass is 9.96. The van der Waals surface area contributed by atoms with Gasteiger partial charge in [0.1, 0.15) is 0 Å². The van der Waals surface area contributed by atoms with Crippen LogP contribution in [0.5, 0.6) is 0 Å². The van der Waals surface area contributed by atoms with Gasteiger partial charge in [-0.1, -0.05) is 122 Å². The van der Waals surface area contributed by atoms with E-state index in [1.807, 2.05) is 0 Å². The SMILES string of the molecule is CCCCCCCCCCCCCCCCCCCC(O)C1CCCCN1. The van der Waals surface area contributed by atoms with Gasteiger partial charge in [0, 0.05) is 6.04 Å². The zero-order valence-electron chi connectivity index (χ0n) is 18.7. The Morgan fingerprint density at radius 2 is 1.11 bits per heavy atom. The van der Waals surface area contributed by atoms with E-state index in [4.69, 9.17) is 0 Å². The Bertz CT molecular complexity index is 288. The molecule has 0 aliphatic carbocycles. The van der Waals surface area contributed by atoms with Gasteiger partial charge in [-0.25, -0.2) is 0 Å². The molecular weight excluding hydrogens is 330 g/mol. The maximum atomic E-state index is 10.2. The minimum atomic E-state index is -0.110. The fraction of sp³-hybridized carbons (Fsp3) is 1.00. The van der Waals surface area contributed by atoms with Crippen molar-refractivity contribution in [1.82, 2.24) is 5.32 Å². The van der Waals surface area contributed by atoms with Gasteiger partial charge in [0.15, 0.2) is 0 Å². The van der Waals surface area contributed by atoms with E-state index < -0.39 is 0 Å². The van der Waals surface area contributed by atoms with Gasteiger partial charge in [-0.3, -0.25) is 0 Å². The standard InChI is InChI=1S/C25H51NO/c1-2-3-4-5-6-7-8-9-10-11-12-13-14-15-16-17-18-22-25(27)24-21-19-20-23-26-24/h24-27H,2-23H2,1H3. The quantitative estimate of drug-likeness (QED) is 0.227. The van der Waals surface area contributed by atoms with Gasteiger partial charge in [0.05, 0.1) is 6.10 Å². The van der Waals surface area contributed by atoms with Crippen LogP contribution >= 0.6 is 0 Å². The Hall–Kier alpha value is -0.0800. The molecule has 0 bridgehead atoms. The first-order chi connectivity index (χ1) is 13.3. The van der Waals surface area contributed by atoms with E-state index in [1.54, 1.807) is 0 Å². The van der Waals surface area contributed by atoms with Crippen molar-refractivity contribution in [3.8, 4) is 0 Å². The van der Waals surface area contributed by atoms with Crippen LogP contribution in [-0.2, 0) is 0 Å². The highest BCUT2D eigenvalue weighted by molar-refractivity contribution is 4.79. The summed E-state index contributed by atoms with van der Waals surface area (Å²) in [5, 5.41) is 13.7. The zero-order valence-corrected chi connectivity index (χ0v) is 18.7. The minimum Gasteiger partial charge on any atom is -0.392 e. The summed E-state index contributed by atoms with van der Waals surface area (Å²) in [6.45, 7) is 3.39. The summed E-state index contributed by atoms with van der Waals surface area (Å²) >= 11 is 0. The number of aliphatic hydroxyl groups is 1. The predicted octanol–water partition coefficient (Wildman–Crippen LogP) is 7.53. The summed E-state index contributed by atoms with van der Waals surface area (Å²) in [4.78, 5) is 0. The third kappa shape index (κ3) is 15.5. The maximum absolute atomic E-state index is 10.2. The molecule has 2 nitrogen and oxygen atoms in total. The molecule has 0 saturated carbocycles. The summed E-state index contributed by atoms with van der Waals surface area (Å²) < 4.78 is 0. The molecule has 2 N–H and O–H groups in total. The van der Waals surface area contributed by atoms with Gasteiger partial charge in [0.2, 0.25) is 0 Å². The van der Waals surface area contributed by atoms with Crippen molar-refractivity contribution in [2.24, 2.45) is 0 Å². The molecule has 0 aromatic rings. The second kappa shape index (κ2) is 19.2. The lowest BCUT2D eigenvalue weighted by Crippen LogP contribution is -2.43. The highest BCUT2D eigenvalue weighted by atomic mass is 16.3. The first-order valence-electron chi connectivity index (χ1n) is 12.8. The Balaban J connectivity index is 1.71. The van der Waals surface area contributed by atoms with Crippen LogP contribution in [0.4, 0.5) is 0 Å². The van der Waals surface area contributed by atoms with Gasteiger partial charge >= 0.3 is 0 Å². The molecule has 0 aromatic carbocycles. The van der Waals surface area contributed by atoms with E-state index in [0.29, 0.717) is 6.04 Å². The summed E-state index contributed by atoms with van der Waals surface area (Å²) in [5.41, 5.74) is 0. The van der Waals surface area contributed by atoms with Crippen molar-refractivity contribution < 1.29 is 5.11 Å². The molecule has 2 atom stereocenters. The lowest BCUT2D eigenvalue weighted by molar-refractivity contribution is 0.102. The lowest BCUT2D eigenvalue weighted by Gasteiger charge is -2.28. The van der Waals surface area contributed by atoms with Crippen LogP contribution in [0, 0.1) is 0 Å². The number of unbranched alkanes of at least 4 members (excludes halogenated alkanes) is 16. The van der Waals surface area contributed by atoms with Crippen molar-refractivity contribution in [2.45, 2.75) is 154 Å². The molecule has 0 radical (unpaired) electrons. The normalized spacial score (nSPS) is 18.7. The largest absolute Gasteiger partial charge is 0.392 e. The molecule has 1 aliphatic heterocycles. The van der Waals surface area contributed by atoms with E-state index >= 15 is 0 Å². The van der Waals surface area contributed by atoms with Crippen LogP contribution < -0.4 is 5.32 Å². The van der Waals surface area contributed by atoms with Crippen LogP contribution in [0.15, 0.2) is 0 Å². The number of hydrogen-bond acceptors (Lipinski definition) is 2. The van der Waals surface area contributed by atoms with Crippen LogP contribution in [-0.4, -0.2) is 23.8 Å². The second-order valence-corrected chi connectivity index (χ2v) is 9.07. The third-order valence-corrected chi connectivity index (χ3v) is 6.42. The topological polar surface area (TPSA) is 32.3 Å². The van der Waals surface area contributed by atoms with Crippen molar-refractivity contribution >= 4 is 0 Å². The maximum Gasteiger partial charge on any atom is 0.0693 e. The molecule has 2 unspecified atom stereocenters. The zero-order chi connectivity index (χ0) is 19.4. The Morgan fingerprint density at radius 1 is 0.667 bits per heavy atom. The molecule has 27 heavy (non-hydrogen) atoms. The molecule has 1 saturated heterocycles. The molecule has 162 valence electrons. The Kier molecular flexibility index (Phi) is 17.8. The fourth-order valence-electron chi connectivity index (χ4n) is 4.49. The molecule has 0 amide bonds. The number of aliphatic hydroxyl groups excluding tert-OH is 1. The average molecular weight is 382 g/mol. The molecule has 2 heteroatoms. The molecule has 1 heterocycles. The second-order valence-electron chi connectivity index (χ2n) is 9.07. The summed E-state index contributed by atoms with van der Waals surface area (Å²) in [5.74, 6) is 0. The number of rotatable bonds is 19. The minimum absolute atomic E-state index is 0.110. The van der Waals surface area contributed by atoms with Gasteiger partial charge < -0.3 is 10.4 Å². The van der Waals surface area contributed by atoms with Crippen molar-refractivity contribution in [1.29, 1.82) is 0 Å². The van der Waals surface area contributed by atoms with E-state index in [2.05, 4.69) is 12.2 Å². The monoisotopic (exact) mass is 381 g/mol. The molecule has 0 spiro atoms. The van der Waals surface area contributed by atoms with E-state index in [9.17, 15) is 5.11 Å². The first-order valence-corrected chi connectivity index (χ1v) is 12.8. The molecule has 1 aliphatic rings. The highest BCUT2D eigenvalue weighted by Crippen LogP contribution is 2.17. The third-order valence-electron chi connectivity index (χ3n) is 6.42. The predicted molar refractivity (Wildman–Crippen MR) is 120 cm³/mol. The number of piperidine rings is 1. The molecule has 1 fully saturated rings. The number of hydrogen-bond donors (Lipinski definition) is 2. The van der Waals surface area contributed by atoms with Gasteiger partial charge in [-0.05, 0) is 25.8 Å². The summed E-state index contributed by atoms with van der Waals surface area (Å²) in [6.07, 6.45) is 28.7. The van der Waals surface area contributed by atoms with Gasteiger partial charge in [-0.15, -0.1) is 0 Å².